The van der Waals surface area contributed by atoms with Crippen LogP contribution >= 0.6 is 11.6 Å². The van der Waals surface area contributed by atoms with Gasteiger partial charge in [-0.25, -0.2) is 4.39 Å². The molecule has 2 saturated heterocycles. The number of nitrogens with zero attached hydrogens (tertiary/aromatic N) is 1. The van der Waals surface area contributed by atoms with Crippen molar-refractivity contribution in [3.05, 3.63) is 34.6 Å². The van der Waals surface area contributed by atoms with Crippen LogP contribution in [0.2, 0.25) is 5.02 Å². The molecular formula is C15H18ClFN2O2. The van der Waals surface area contributed by atoms with E-state index in [0.717, 1.165) is 26.1 Å². The number of halogens is 2. The summed E-state index contributed by atoms with van der Waals surface area (Å²) in [6, 6.07) is 4.50. The minimum Gasteiger partial charge on any atom is -0.376 e. The third-order valence-electron chi connectivity index (χ3n) is 4.11. The van der Waals surface area contributed by atoms with E-state index in [1.54, 1.807) is 0 Å². The van der Waals surface area contributed by atoms with Crippen LogP contribution in [0.5, 0.6) is 0 Å². The van der Waals surface area contributed by atoms with Crippen LogP contribution in [0.3, 0.4) is 0 Å². The van der Waals surface area contributed by atoms with Crippen LogP contribution in [0.1, 0.15) is 23.7 Å². The van der Waals surface area contributed by atoms with E-state index in [1.807, 2.05) is 0 Å². The highest BCUT2D eigenvalue weighted by Gasteiger charge is 2.36. The molecule has 114 valence electrons. The molecule has 0 radical (unpaired) electrons. The number of carbonyl (C=O) groups excluding carboxylic acids is 1. The summed E-state index contributed by atoms with van der Waals surface area (Å²) in [5.74, 6) is -0.729. The van der Waals surface area contributed by atoms with E-state index in [1.165, 1.54) is 18.2 Å². The second-order valence-corrected chi connectivity index (χ2v) is 6.19. The molecule has 3 atom stereocenters. The zero-order chi connectivity index (χ0) is 15.0. The number of carbonyl (C=O) groups is 1. The van der Waals surface area contributed by atoms with Gasteiger partial charge in [-0.1, -0.05) is 11.6 Å². The molecule has 1 aromatic rings. The molecular weight excluding hydrogens is 295 g/mol. The molecule has 21 heavy (non-hydrogen) atoms. The summed E-state index contributed by atoms with van der Waals surface area (Å²) in [7, 11) is 0. The number of benzene rings is 1. The highest BCUT2D eigenvalue weighted by Crippen LogP contribution is 2.23. The van der Waals surface area contributed by atoms with Crippen molar-refractivity contribution in [2.45, 2.75) is 31.5 Å². The third-order valence-corrected chi connectivity index (χ3v) is 4.40. The number of hydrogen-bond donors (Lipinski definition) is 1. The predicted molar refractivity (Wildman–Crippen MR) is 78.1 cm³/mol. The predicted octanol–water partition coefficient (Wildman–Crippen LogP) is 2.07. The number of amides is 1. The molecule has 2 fully saturated rings. The Bertz CT molecular complexity index is 554. The number of rotatable bonds is 2. The lowest BCUT2D eigenvalue weighted by atomic mass is 10.1. The van der Waals surface area contributed by atoms with Crippen LogP contribution < -0.4 is 5.32 Å². The first-order valence-electron chi connectivity index (χ1n) is 7.14. The smallest absolute Gasteiger partial charge is 0.251 e. The van der Waals surface area contributed by atoms with E-state index in [2.05, 4.69) is 17.1 Å². The van der Waals surface area contributed by atoms with E-state index >= 15 is 0 Å². The van der Waals surface area contributed by atoms with Crippen molar-refractivity contribution in [3.8, 4) is 0 Å². The number of hydrogen-bond acceptors (Lipinski definition) is 3. The quantitative estimate of drug-likeness (QED) is 0.909. The molecule has 2 aliphatic heterocycles. The van der Waals surface area contributed by atoms with Gasteiger partial charge in [0, 0.05) is 30.7 Å². The first-order chi connectivity index (χ1) is 10.0. The van der Waals surface area contributed by atoms with Crippen molar-refractivity contribution in [1.29, 1.82) is 0 Å². The molecule has 1 amide bonds. The summed E-state index contributed by atoms with van der Waals surface area (Å²) < 4.78 is 18.8. The average molecular weight is 313 g/mol. The van der Waals surface area contributed by atoms with Crippen LogP contribution in [0.25, 0.3) is 0 Å². The Balaban J connectivity index is 1.62. The lowest BCUT2D eigenvalue weighted by Crippen LogP contribution is -2.45. The van der Waals surface area contributed by atoms with E-state index in [9.17, 15) is 9.18 Å². The Morgan fingerprint density at radius 2 is 2.29 bits per heavy atom. The molecule has 0 unspecified atom stereocenters. The fourth-order valence-electron chi connectivity index (χ4n) is 3.05. The Morgan fingerprint density at radius 1 is 1.48 bits per heavy atom. The minimum absolute atomic E-state index is 0.0336. The van der Waals surface area contributed by atoms with Crippen LogP contribution in [0, 0.1) is 5.82 Å². The third kappa shape index (κ3) is 3.20. The van der Waals surface area contributed by atoms with Gasteiger partial charge in [-0.05, 0) is 31.5 Å². The maximum Gasteiger partial charge on any atom is 0.251 e. The molecule has 2 heterocycles. The number of ether oxygens (including phenoxy) is 1. The van der Waals surface area contributed by atoms with Gasteiger partial charge in [0.05, 0.1) is 17.7 Å². The zero-order valence-electron chi connectivity index (χ0n) is 11.8. The molecule has 6 heteroatoms. The molecule has 0 spiro atoms. The Labute approximate surface area is 128 Å². The maximum absolute atomic E-state index is 13.1. The average Bonchev–Trinajstić information content (AvgIpc) is 2.83. The van der Waals surface area contributed by atoms with Gasteiger partial charge < -0.3 is 10.1 Å². The Hall–Kier alpha value is -1.17. The molecule has 0 bridgehead atoms. The first-order valence-corrected chi connectivity index (χ1v) is 7.52. The summed E-state index contributed by atoms with van der Waals surface area (Å²) in [5, 5.41) is 2.96. The van der Waals surface area contributed by atoms with Crippen LogP contribution in [-0.2, 0) is 4.74 Å². The topological polar surface area (TPSA) is 41.6 Å². The first kappa shape index (κ1) is 14.8. The fraction of sp³-hybridized carbons (Fsp3) is 0.533. The van der Waals surface area contributed by atoms with Gasteiger partial charge in [-0.15, -0.1) is 0 Å². The Kier molecular flexibility index (Phi) is 4.15. The zero-order valence-corrected chi connectivity index (χ0v) is 12.6. The van der Waals surface area contributed by atoms with E-state index < -0.39 is 5.82 Å². The molecule has 2 aliphatic rings. The lowest BCUT2D eigenvalue weighted by molar-refractivity contribution is -0.0390. The highest BCUT2D eigenvalue weighted by molar-refractivity contribution is 6.31. The number of nitrogens with one attached hydrogen (secondary N) is 1. The normalized spacial score (nSPS) is 29.2. The summed E-state index contributed by atoms with van der Waals surface area (Å²) >= 11 is 5.71. The standard InChI is InChI=1S/C15H18ClFN2O2/c1-9-6-19-7-11(5-12(19)8-21-9)18-15(20)10-2-3-14(17)13(16)4-10/h2-4,9,11-12H,5-8H2,1H3,(H,18,20)/t9-,11+,12+/m1/s1. The minimum atomic E-state index is -0.516. The molecule has 3 rings (SSSR count). The van der Waals surface area contributed by atoms with Gasteiger partial charge in [0.25, 0.3) is 5.91 Å². The van der Waals surface area contributed by atoms with Crippen LogP contribution in [-0.4, -0.2) is 48.7 Å². The fourth-order valence-corrected chi connectivity index (χ4v) is 3.23. The summed E-state index contributed by atoms with van der Waals surface area (Å²) in [5.41, 5.74) is 0.385. The van der Waals surface area contributed by atoms with Crippen molar-refractivity contribution in [2.75, 3.05) is 19.7 Å². The second-order valence-electron chi connectivity index (χ2n) is 5.79. The van der Waals surface area contributed by atoms with Crippen molar-refractivity contribution in [1.82, 2.24) is 10.2 Å². The summed E-state index contributed by atoms with van der Waals surface area (Å²) in [4.78, 5) is 14.6. The molecule has 0 aromatic heterocycles. The van der Waals surface area contributed by atoms with Gasteiger partial charge in [0.2, 0.25) is 0 Å². The van der Waals surface area contributed by atoms with Crippen molar-refractivity contribution >= 4 is 17.5 Å². The van der Waals surface area contributed by atoms with E-state index in [0.29, 0.717) is 11.6 Å². The van der Waals surface area contributed by atoms with Crippen molar-refractivity contribution in [3.63, 3.8) is 0 Å². The molecule has 0 saturated carbocycles. The van der Waals surface area contributed by atoms with Crippen molar-refractivity contribution < 1.29 is 13.9 Å². The highest BCUT2D eigenvalue weighted by atomic mass is 35.5. The lowest BCUT2D eigenvalue weighted by Gasteiger charge is -2.33. The second kappa shape index (κ2) is 5.91. The number of morpholine rings is 1. The van der Waals surface area contributed by atoms with Crippen LogP contribution in [0.15, 0.2) is 18.2 Å². The summed E-state index contributed by atoms with van der Waals surface area (Å²) in [6.45, 7) is 4.51. The van der Waals surface area contributed by atoms with Gasteiger partial charge in [-0.3, -0.25) is 9.69 Å². The van der Waals surface area contributed by atoms with E-state index in [4.69, 9.17) is 16.3 Å². The van der Waals surface area contributed by atoms with Gasteiger partial charge >= 0.3 is 0 Å². The molecule has 1 aromatic carbocycles. The molecule has 1 N–H and O–H groups in total. The summed E-state index contributed by atoms with van der Waals surface area (Å²) in [6.07, 6.45) is 1.12. The van der Waals surface area contributed by atoms with Gasteiger partial charge in [0.15, 0.2) is 0 Å². The van der Waals surface area contributed by atoms with Gasteiger partial charge in [0.1, 0.15) is 5.82 Å². The number of fused-ring (bicyclic) bond motifs is 1. The monoisotopic (exact) mass is 312 g/mol. The largest absolute Gasteiger partial charge is 0.376 e. The van der Waals surface area contributed by atoms with Crippen LogP contribution in [0.4, 0.5) is 4.39 Å². The van der Waals surface area contributed by atoms with Gasteiger partial charge in [-0.2, -0.15) is 0 Å². The molecule has 4 nitrogen and oxygen atoms in total. The maximum atomic E-state index is 13.1. The Morgan fingerprint density at radius 3 is 3.05 bits per heavy atom. The SMILES string of the molecule is C[C@@H]1CN2C[C@@H](NC(=O)c3ccc(F)c(Cl)c3)C[C@H]2CO1. The van der Waals surface area contributed by atoms with E-state index in [-0.39, 0.29) is 23.1 Å². The molecule has 0 aliphatic carbocycles. The van der Waals surface area contributed by atoms with Crippen molar-refractivity contribution in [2.24, 2.45) is 0 Å².